The summed E-state index contributed by atoms with van der Waals surface area (Å²) in [5, 5.41) is 2.41. The van der Waals surface area contributed by atoms with Crippen LogP contribution in [-0.4, -0.2) is 40.3 Å². The molecule has 0 spiro atoms. The number of thioether (sulfide) groups is 1. The molecule has 0 saturated carbocycles. The quantitative estimate of drug-likeness (QED) is 0.455. The molecule has 0 aliphatic carbocycles. The normalized spacial score (nSPS) is 16.7. The Balaban J connectivity index is 1.63. The van der Waals surface area contributed by atoms with E-state index in [1.807, 2.05) is 0 Å². The molecule has 1 saturated heterocycles. The molecular formula is C15H20ClN3S2. The van der Waals surface area contributed by atoms with Crippen molar-refractivity contribution in [2.75, 3.05) is 25.4 Å². The number of piperidine rings is 1. The molecule has 1 aliphatic heterocycles. The van der Waals surface area contributed by atoms with Crippen molar-refractivity contribution in [1.29, 1.82) is 0 Å². The van der Waals surface area contributed by atoms with Crippen molar-refractivity contribution >= 4 is 44.9 Å². The Morgan fingerprint density at radius 3 is 2.86 bits per heavy atom. The molecule has 1 aliphatic rings. The Morgan fingerprint density at radius 1 is 1.29 bits per heavy atom. The summed E-state index contributed by atoms with van der Waals surface area (Å²) in [6.45, 7) is 5.76. The predicted octanol–water partition coefficient (Wildman–Crippen LogP) is 4.49. The number of hydrogen-bond donors (Lipinski definition) is 0. The van der Waals surface area contributed by atoms with Crippen molar-refractivity contribution < 1.29 is 0 Å². The number of halogens is 1. The number of aryl methyl sites for hydroxylation is 1. The molecule has 2 aromatic heterocycles. The van der Waals surface area contributed by atoms with Crippen LogP contribution in [0, 0.1) is 0 Å². The van der Waals surface area contributed by atoms with E-state index in [9.17, 15) is 0 Å². The third-order valence-corrected chi connectivity index (χ3v) is 6.10. The maximum atomic E-state index is 6.29. The lowest BCUT2D eigenvalue weighted by atomic mass is 10.1. The van der Waals surface area contributed by atoms with Crippen LogP contribution in [0.5, 0.6) is 0 Å². The van der Waals surface area contributed by atoms with Gasteiger partial charge in [-0.25, -0.2) is 9.97 Å². The lowest BCUT2D eigenvalue weighted by Crippen LogP contribution is -2.31. The van der Waals surface area contributed by atoms with Crippen LogP contribution in [0.1, 0.15) is 31.1 Å². The Morgan fingerprint density at radius 2 is 2.10 bits per heavy atom. The maximum absolute atomic E-state index is 6.29. The molecule has 0 radical (unpaired) electrons. The van der Waals surface area contributed by atoms with E-state index in [0.29, 0.717) is 5.15 Å². The molecule has 3 rings (SSSR count). The van der Waals surface area contributed by atoms with Crippen LogP contribution in [0.3, 0.4) is 0 Å². The Hall–Kier alpha value is -0.360. The number of nitrogens with zero attached hydrogens (tertiary/aromatic N) is 3. The number of aromatic nitrogens is 2. The van der Waals surface area contributed by atoms with E-state index in [2.05, 4.69) is 27.9 Å². The van der Waals surface area contributed by atoms with Gasteiger partial charge in [0.1, 0.15) is 9.98 Å². The van der Waals surface area contributed by atoms with E-state index in [1.54, 1.807) is 23.1 Å². The summed E-state index contributed by atoms with van der Waals surface area (Å²) in [6.07, 6.45) is 5.09. The smallest absolute Gasteiger partial charge is 0.190 e. The van der Waals surface area contributed by atoms with E-state index in [0.717, 1.165) is 34.1 Å². The zero-order valence-corrected chi connectivity index (χ0v) is 14.7. The van der Waals surface area contributed by atoms with Gasteiger partial charge in [-0.05, 0) is 38.4 Å². The molecule has 21 heavy (non-hydrogen) atoms. The maximum Gasteiger partial charge on any atom is 0.190 e. The van der Waals surface area contributed by atoms with Gasteiger partial charge in [-0.15, -0.1) is 11.3 Å². The van der Waals surface area contributed by atoms with Gasteiger partial charge >= 0.3 is 0 Å². The molecule has 0 bridgehead atoms. The van der Waals surface area contributed by atoms with Crippen LogP contribution >= 0.6 is 34.7 Å². The van der Waals surface area contributed by atoms with Gasteiger partial charge in [-0.2, -0.15) is 0 Å². The molecular weight excluding hydrogens is 322 g/mol. The molecule has 0 N–H and O–H groups in total. The highest BCUT2D eigenvalue weighted by Gasteiger charge is 2.12. The summed E-state index contributed by atoms with van der Waals surface area (Å²) < 4.78 is 0. The molecule has 6 heteroatoms. The molecule has 3 nitrogen and oxygen atoms in total. The van der Waals surface area contributed by atoms with Crippen molar-refractivity contribution in [2.24, 2.45) is 0 Å². The van der Waals surface area contributed by atoms with Crippen LogP contribution in [-0.2, 0) is 6.42 Å². The summed E-state index contributed by atoms with van der Waals surface area (Å²) in [5.74, 6) is 1.04. The van der Waals surface area contributed by atoms with E-state index >= 15 is 0 Å². The standard InChI is InChI=1S/C15H20ClN3S2/c1-2-11-10-12-13(16)17-15(18-14(12)21-11)20-9-8-19-6-4-3-5-7-19/h10H,2-9H2,1H3. The van der Waals surface area contributed by atoms with E-state index < -0.39 is 0 Å². The van der Waals surface area contributed by atoms with E-state index in [-0.39, 0.29) is 0 Å². The van der Waals surface area contributed by atoms with E-state index in [1.165, 1.54) is 37.2 Å². The van der Waals surface area contributed by atoms with Crippen molar-refractivity contribution in [1.82, 2.24) is 14.9 Å². The van der Waals surface area contributed by atoms with Crippen LogP contribution in [0.25, 0.3) is 10.2 Å². The fraction of sp³-hybridized carbons (Fsp3) is 0.600. The molecule has 0 amide bonds. The highest BCUT2D eigenvalue weighted by Crippen LogP contribution is 2.31. The Kier molecular flexibility index (Phi) is 5.38. The summed E-state index contributed by atoms with van der Waals surface area (Å²) >= 11 is 9.74. The van der Waals surface area contributed by atoms with Gasteiger partial charge < -0.3 is 4.90 Å². The van der Waals surface area contributed by atoms with E-state index in [4.69, 9.17) is 11.6 Å². The van der Waals surface area contributed by atoms with Crippen molar-refractivity contribution in [3.05, 3.63) is 16.1 Å². The first kappa shape index (κ1) is 15.5. The van der Waals surface area contributed by atoms with Crippen molar-refractivity contribution in [3.8, 4) is 0 Å². The Labute approximate surface area is 139 Å². The lowest BCUT2D eigenvalue weighted by molar-refractivity contribution is 0.242. The van der Waals surface area contributed by atoms with Gasteiger partial charge in [-0.1, -0.05) is 36.7 Å². The highest BCUT2D eigenvalue weighted by atomic mass is 35.5. The van der Waals surface area contributed by atoms with Gasteiger partial charge in [0.15, 0.2) is 5.16 Å². The number of thiophene rings is 1. The highest BCUT2D eigenvalue weighted by molar-refractivity contribution is 7.99. The lowest BCUT2D eigenvalue weighted by Gasteiger charge is -2.25. The molecule has 3 heterocycles. The number of hydrogen-bond acceptors (Lipinski definition) is 5. The fourth-order valence-electron chi connectivity index (χ4n) is 2.61. The second-order valence-electron chi connectivity index (χ2n) is 5.33. The number of likely N-dealkylation sites (tertiary alicyclic amines) is 1. The first-order valence-corrected chi connectivity index (χ1v) is 9.75. The van der Waals surface area contributed by atoms with Gasteiger partial charge in [0.2, 0.25) is 0 Å². The van der Waals surface area contributed by atoms with Gasteiger partial charge in [0, 0.05) is 22.6 Å². The first-order valence-electron chi connectivity index (χ1n) is 7.57. The molecule has 114 valence electrons. The first-order chi connectivity index (χ1) is 10.3. The zero-order chi connectivity index (χ0) is 14.7. The zero-order valence-electron chi connectivity index (χ0n) is 12.3. The largest absolute Gasteiger partial charge is 0.303 e. The summed E-state index contributed by atoms with van der Waals surface area (Å²) in [4.78, 5) is 14.0. The molecule has 0 aromatic carbocycles. The van der Waals surface area contributed by atoms with Crippen LogP contribution < -0.4 is 0 Å². The van der Waals surface area contributed by atoms with Gasteiger partial charge in [-0.3, -0.25) is 0 Å². The SMILES string of the molecule is CCc1cc2c(Cl)nc(SCCN3CCCCC3)nc2s1. The molecule has 0 unspecified atom stereocenters. The van der Waals surface area contributed by atoms with Crippen LogP contribution in [0.2, 0.25) is 5.15 Å². The average Bonchev–Trinajstić information content (AvgIpc) is 2.92. The molecule has 0 atom stereocenters. The van der Waals surface area contributed by atoms with Gasteiger partial charge in [0.25, 0.3) is 0 Å². The van der Waals surface area contributed by atoms with Crippen LogP contribution in [0.4, 0.5) is 0 Å². The van der Waals surface area contributed by atoms with Crippen molar-refractivity contribution in [2.45, 2.75) is 37.8 Å². The second-order valence-corrected chi connectivity index (χ2v) is 7.87. The third-order valence-electron chi connectivity index (χ3n) is 3.81. The number of fused-ring (bicyclic) bond motifs is 1. The average molecular weight is 342 g/mol. The minimum Gasteiger partial charge on any atom is -0.303 e. The monoisotopic (exact) mass is 341 g/mol. The Bertz CT molecular complexity index is 608. The second kappa shape index (κ2) is 7.27. The minimum atomic E-state index is 0.594. The summed E-state index contributed by atoms with van der Waals surface area (Å²) in [5.41, 5.74) is 0. The third kappa shape index (κ3) is 3.89. The topological polar surface area (TPSA) is 29.0 Å². The minimum absolute atomic E-state index is 0.594. The summed E-state index contributed by atoms with van der Waals surface area (Å²) in [6, 6.07) is 2.12. The van der Waals surface area contributed by atoms with Gasteiger partial charge in [0.05, 0.1) is 0 Å². The van der Waals surface area contributed by atoms with Crippen LogP contribution in [0.15, 0.2) is 11.2 Å². The molecule has 1 fully saturated rings. The number of rotatable bonds is 5. The summed E-state index contributed by atoms with van der Waals surface area (Å²) in [7, 11) is 0. The molecule has 2 aromatic rings. The fourth-order valence-corrected chi connectivity index (χ4v) is 4.80. The van der Waals surface area contributed by atoms with Crippen molar-refractivity contribution in [3.63, 3.8) is 0 Å². The predicted molar refractivity (Wildman–Crippen MR) is 92.8 cm³/mol.